The molecule has 0 spiro atoms. The summed E-state index contributed by atoms with van der Waals surface area (Å²) in [6, 6.07) is -3.50. The Hall–Kier alpha value is -3.48. The Morgan fingerprint density at radius 1 is 1.24 bits per heavy atom. The van der Waals surface area contributed by atoms with E-state index in [1.54, 1.807) is 0 Å². The highest BCUT2D eigenvalue weighted by molar-refractivity contribution is 5.97. The molecule has 2 amide bonds. The largest absolute Gasteiger partial charge is 0.454 e. The number of likely N-dealkylation sites (N-methyl/N-ethyl adjacent to an activating group) is 1. The summed E-state index contributed by atoms with van der Waals surface area (Å²) in [6.45, 7) is -5.46. The van der Waals surface area contributed by atoms with E-state index in [1.807, 2.05) is 0 Å². The number of hydrogen-bond donors (Lipinski definition) is 1. The van der Waals surface area contributed by atoms with Gasteiger partial charge in [-0.1, -0.05) is 24.2 Å². The highest BCUT2D eigenvalue weighted by Crippen LogP contribution is 2.44. The summed E-state index contributed by atoms with van der Waals surface area (Å²) < 4.78 is 94.3. The molecule has 6 rings (SSSR count). The van der Waals surface area contributed by atoms with Gasteiger partial charge in [0, 0.05) is 30.1 Å². The number of H-pyrrole nitrogens is 1. The summed E-state index contributed by atoms with van der Waals surface area (Å²) in [5, 5.41) is -0.0625. The van der Waals surface area contributed by atoms with Crippen molar-refractivity contribution in [3.63, 3.8) is 0 Å². The molecule has 0 saturated carbocycles. The van der Waals surface area contributed by atoms with Crippen LogP contribution in [0.3, 0.4) is 0 Å². The number of benzene rings is 2. The Bertz CT molecular complexity index is 1660. The van der Waals surface area contributed by atoms with Crippen LogP contribution in [0.5, 0.6) is 11.5 Å². The van der Waals surface area contributed by atoms with Crippen molar-refractivity contribution in [2.45, 2.75) is 18.5 Å². The number of ether oxygens (including phenoxy) is 2. The first kappa shape index (κ1) is 9.35. The molecule has 7 heteroatoms. The number of carbonyl (C=O) groups is 2. The minimum absolute atomic E-state index is 0.0169. The number of aromatic amines is 1. The number of piperazine rings is 1. The van der Waals surface area contributed by atoms with E-state index in [4.69, 9.17) is 20.4 Å². The molecule has 2 atom stereocenters. The summed E-state index contributed by atoms with van der Waals surface area (Å²) in [7, 11) is 1.03. The summed E-state index contributed by atoms with van der Waals surface area (Å²) in [5.74, 6) is -2.68. The van der Waals surface area contributed by atoms with E-state index >= 15 is 0 Å². The van der Waals surface area contributed by atoms with Crippen molar-refractivity contribution in [3.05, 3.63) is 59.2 Å². The molecular weight excluding hydrogens is 370 g/mol. The molecule has 0 unspecified atom stereocenters. The van der Waals surface area contributed by atoms with Crippen LogP contribution in [0.25, 0.3) is 10.9 Å². The smallest absolute Gasteiger partial charge is 0.245 e. The predicted molar refractivity (Wildman–Crippen MR) is 105 cm³/mol. The molecule has 146 valence electrons. The fraction of sp³-hybridized carbons (Fsp3) is 0.273. The first-order valence-corrected chi connectivity index (χ1v) is 8.74. The Morgan fingerprint density at radius 2 is 2.07 bits per heavy atom. The second kappa shape index (κ2) is 5.76. The van der Waals surface area contributed by atoms with Gasteiger partial charge in [0.25, 0.3) is 0 Å². The van der Waals surface area contributed by atoms with Gasteiger partial charge in [-0.15, -0.1) is 0 Å². The summed E-state index contributed by atoms with van der Waals surface area (Å²) >= 11 is 0. The standard InChI is InChI=1S/C22H19N3O4/c1-24-10-19(26)25-16(22(24)27)9-14-13-4-2-3-5-15(13)23-20(14)21(25)12-6-7-17-18(8-12)29-11-28-17/h2-8,16,21,23H,9-11H2,1H3/t16-,21-/m1/s1/i2D,3D,4D,5D,10D2,11D2,16D,21D. The van der Waals surface area contributed by atoms with Gasteiger partial charge in [0.05, 0.1) is 23.5 Å². The zero-order chi connectivity index (χ0) is 28.6. The lowest BCUT2D eigenvalue weighted by Gasteiger charge is -2.46. The second-order valence-corrected chi connectivity index (χ2v) is 6.77. The molecule has 1 fully saturated rings. The van der Waals surface area contributed by atoms with Crippen molar-refractivity contribution in [2.75, 3.05) is 20.3 Å². The summed E-state index contributed by atoms with van der Waals surface area (Å²) in [5.41, 5.74) is -0.401. The van der Waals surface area contributed by atoms with Crippen LogP contribution in [0.2, 0.25) is 0 Å². The van der Waals surface area contributed by atoms with Crippen LogP contribution in [-0.2, 0) is 16.0 Å². The number of fused-ring (bicyclic) bond motifs is 5. The molecule has 1 aromatic heterocycles. The molecule has 0 aliphatic carbocycles. The minimum Gasteiger partial charge on any atom is -0.454 e. The number of hydrogen-bond acceptors (Lipinski definition) is 4. The molecule has 7 nitrogen and oxygen atoms in total. The maximum Gasteiger partial charge on any atom is 0.245 e. The van der Waals surface area contributed by atoms with Crippen LogP contribution in [0.1, 0.15) is 36.5 Å². The lowest BCUT2D eigenvalue weighted by Crippen LogP contribution is -2.62. The monoisotopic (exact) mass is 399 g/mol. The fourth-order valence-corrected chi connectivity index (χ4v) is 3.87. The number of rotatable bonds is 1. The van der Waals surface area contributed by atoms with Crippen molar-refractivity contribution in [2.24, 2.45) is 0 Å². The maximum atomic E-state index is 13.7. The molecule has 3 aliphatic rings. The summed E-state index contributed by atoms with van der Waals surface area (Å²) in [4.78, 5) is 31.0. The normalized spacial score (nSPS) is 36.3. The van der Waals surface area contributed by atoms with Gasteiger partial charge in [0.15, 0.2) is 11.5 Å². The van der Waals surface area contributed by atoms with E-state index in [1.165, 1.54) is 18.2 Å². The number of aromatic nitrogens is 1. The topological polar surface area (TPSA) is 74.9 Å². The van der Waals surface area contributed by atoms with Crippen LogP contribution < -0.4 is 9.47 Å². The second-order valence-electron chi connectivity index (χ2n) is 6.77. The van der Waals surface area contributed by atoms with Gasteiger partial charge in [0.2, 0.25) is 18.6 Å². The van der Waals surface area contributed by atoms with Crippen molar-refractivity contribution < 1.29 is 32.8 Å². The van der Waals surface area contributed by atoms with Crippen LogP contribution in [-0.4, -0.2) is 52.9 Å². The number of carbonyl (C=O) groups excluding carboxylic acids is 2. The third-order valence-electron chi connectivity index (χ3n) is 5.15. The fourth-order valence-electron chi connectivity index (χ4n) is 3.87. The molecule has 1 N–H and O–H groups in total. The predicted octanol–water partition coefficient (Wildman–Crippen LogP) is 2.21. The highest BCUT2D eigenvalue weighted by atomic mass is 16.7. The quantitative estimate of drug-likeness (QED) is 0.681. The molecule has 1 saturated heterocycles. The van der Waals surface area contributed by atoms with Crippen molar-refractivity contribution in [1.82, 2.24) is 14.8 Å². The first-order chi connectivity index (χ1) is 18.0. The van der Waals surface area contributed by atoms with Gasteiger partial charge in [-0.3, -0.25) is 9.59 Å². The van der Waals surface area contributed by atoms with E-state index in [9.17, 15) is 12.3 Å². The Morgan fingerprint density at radius 3 is 2.97 bits per heavy atom. The van der Waals surface area contributed by atoms with Gasteiger partial charge in [-0.2, -0.15) is 0 Å². The van der Waals surface area contributed by atoms with Crippen LogP contribution in [0, 0.1) is 0 Å². The number of amides is 2. The average molecular weight is 399 g/mol. The minimum atomic E-state index is -2.94. The molecule has 2 aromatic carbocycles. The molecule has 3 aliphatic heterocycles. The van der Waals surface area contributed by atoms with E-state index < -0.39 is 67.7 Å². The van der Waals surface area contributed by atoms with E-state index in [-0.39, 0.29) is 39.2 Å². The van der Waals surface area contributed by atoms with Crippen LogP contribution >= 0.6 is 0 Å². The molecule has 4 heterocycles. The van der Waals surface area contributed by atoms with Crippen LogP contribution in [0.15, 0.2) is 42.4 Å². The molecule has 0 bridgehead atoms. The van der Waals surface area contributed by atoms with Crippen molar-refractivity contribution in [3.8, 4) is 11.5 Å². The third kappa shape index (κ3) is 2.24. The van der Waals surface area contributed by atoms with Gasteiger partial charge >= 0.3 is 0 Å². The number of nitrogens with one attached hydrogen (secondary N) is 1. The van der Waals surface area contributed by atoms with Gasteiger partial charge < -0.3 is 24.3 Å². The number of para-hydroxylation sites is 1. The molecule has 3 aromatic rings. The van der Waals surface area contributed by atoms with Gasteiger partial charge in [0.1, 0.15) is 8.76 Å². The summed E-state index contributed by atoms with van der Waals surface area (Å²) in [6.07, 6.45) is -0.594. The van der Waals surface area contributed by atoms with Crippen molar-refractivity contribution in [1.29, 1.82) is 0 Å². The zero-order valence-electron chi connectivity index (χ0n) is 25.0. The lowest BCUT2D eigenvalue weighted by atomic mass is 9.86. The zero-order valence-corrected chi connectivity index (χ0v) is 15.0. The van der Waals surface area contributed by atoms with Gasteiger partial charge in [-0.25, -0.2) is 0 Å². The lowest BCUT2D eigenvalue weighted by molar-refractivity contribution is -0.157. The maximum absolute atomic E-state index is 13.7. The van der Waals surface area contributed by atoms with Crippen molar-refractivity contribution >= 4 is 22.7 Å². The van der Waals surface area contributed by atoms with E-state index in [2.05, 4.69) is 4.98 Å². The SMILES string of the molecule is [2H]c1c([2H])c([2H])c2c3c([nH]c2c1[2H])[C@@]([2H])(c1ccc2c(c1)OC([2H])([2H])O2)N1C(=O)C([2H])([2H])N(C)C(=O)[C@@]1([2H])C3. The molecular formula is C22H19N3O4. The van der Waals surface area contributed by atoms with Crippen LogP contribution in [0.4, 0.5) is 0 Å². The Balaban J connectivity index is 1.73. The first-order valence-electron chi connectivity index (χ1n) is 13.7. The third-order valence-corrected chi connectivity index (χ3v) is 5.15. The highest BCUT2D eigenvalue weighted by Gasteiger charge is 2.47. The average Bonchev–Trinajstić information content (AvgIpc) is 3.40. The van der Waals surface area contributed by atoms with Gasteiger partial charge in [-0.05, 0) is 29.3 Å². The Labute approximate surface area is 180 Å². The Kier molecular flexibility index (Phi) is 1.86. The van der Waals surface area contributed by atoms with E-state index in [0.717, 1.165) is 7.05 Å². The number of nitrogens with zero attached hydrogens (tertiary/aromatic N) is 2. The molecule has 29 heavy (non-hydrogen) atoms. The molecule has 0 radical (unpaired) electrons. The van der Waals surface area contributed by atoms with E-state index in [0.29, 0.717) is 9.80 Å².